The van der Waals surface area contributed by atoms with Crippen LogP contribution in [0.3, 0.4) is 0 Å². The average molecular weight is 309 g/mol. The van der Waals surface area contributed by atoms with E-state index in [2.05, 4.69) is 0 Å². The normalized spacial score (nSPS) is 13.0. The van der Waals surface area contributed by atoms with Gasteiger partial charge in [0.2, 0.25) is 0 Å². The molecular weight excluding hydrogens is 293 g/mol. The number of ether oxygens (including phenoxy) is 1. The van der Waals surface area contributed by atoms with E-state index in [1.807, 2.05) is 0 Å². The molecule has 2 aromatic carbocycles. The minimum absolute atomic E-state index is 0.135. The van der Waals surface area contributed by atoms with Crippen molar-refractivity contribution in [2.75, 3.05) is 13.4 Å². The summed E-state index contributed by atoms with van der Waals surface area (Å²) in [5, 5.41) is 0. The molecule has 0 fully saturated rings. The van der Waals surface area contributed by atoms with Gasteiger partial charge in [0.15, 0.2) is 21.4 Å². The second-order valence-electron chi connectivity index (χ2n) is 4.72. The van der Waals surface area contributed by atoms with E-state index in [0.29, 0.717) is 11.1 Å². The van der Waals surface area contributed by atoms with E-state index in [9.17, 15) is 12.8 Å². The molecule has 112 valence electrons. The van der Waals surface area contributed by atoms with E-state index < -0.39 is 21.7 Å². The molecule has 0 aliphatic carbocycles. The third-order valence-corrected chi connectivity index (χ3v) is 4.29. The summed E-state index contributed by atoms with van der Waals surface area (Å²) in [6.45, 7) is 0. The van der Waals surface area contributed by atoms with Crippen molar-refractivity contribution in [3.05, 3.63) is 59.4 Å². The van der Waals surface area contributed by atoms with Gasteiger partial charge in [-0.25, -0.2) is 12.8 Å². The molecule has 2 aromatic rings. The van der Waals surface area contributed by atoms with Gasteiger partial charge in [-0.3, -0.25) is 0 Å². The predicted octanol–water partition coefficient (Wildman–Crippen LogP) is 2.29. The lowest BCUT2D eigenvalue weighted by Crippen LogP contribution is -2.13. The maximum Gasteiger partial charge on any atom is 0.175 e. The third kappa shape index (κ3) is 3.40. The summed E-state index contributed by atoms with van der Waals surface area (Å²) in [7, 11) is -1.93. The number of hydrogen-bond donors (Lipinski definition) is 1. The first-order chi connectivity index (χ1) is 9.82. The van der Waals surface area contributed by atoms with E-state index >= 15 is 0 Å². The van der Waals surface area contributed by atoms with Crippen molar-refractivity contribution in [3.63, 3.8) is 0 Å². The van der Waals surface area contributed by atoms with E-state index in [4.69, 9.17) is 10.5 Å². The zero-order chi connectivity index (χ0) is 15.6. The second-order valence-corrected chi connectivity index (χ2v) is 6.73. The molecular formula is C15H16FNO3S. The Labute approximate surface area is 123 Å². The van der Waals surface area contributed by atoms with Gasteiger partial charge in [-0.15, -0.1) is 0 Å². The number of benzene rings is 2. The zero-order valence-corrected chi connectivity index (χ0v) is 12.5. The number of rotatable bonds is 4. The number of nitrogens with two attached hydrogens (primary N) is 1. The predicted molar refractivity (Wildman–Crippen MR) is 78.5 cm³/mol. The first-order valence-corrected chi connectivity index (χ1v) is 8.11. The summed E-state index contributed by atoms with van der Waals surface area (Å²) >= 11 is 0. The van der Waals surface area contributed by atoms with Gasteiger partial charge in [-0.05, 0) is 35.4 Å². The van der Waals surface area contributed by atoms with Gasteiger partial charge in [0.1, 0.15) is 0 Å². The van der Waals surface area contributed by atoms with Crippen molar-refractivity contribution in [1.29, 1.82) is 0 Å². The van der Waals surface area contributed by atoms with Crippen molar-refractivity contribution < 1.29 is 17.5 Å². The molecule has 0 aromatic heterocycles. The Morgan fingerprint density at radius 1 is 1.14 bits per heavy atom. The number of hydrogen-bond acceptors (Lipinski definition) is 4. The monoisotopic (exact) mass is 309 g/mol. The number of methoxy groups -OCH3 is 1. The molecule has 0 saturated carbocycles. The van der Waals surface area contributed by atoms with Crippen LogP contribution in [0.4, 0.5) is 4.39 Å². The summed E-state index contributed by atoms with van der Waals surface area (Å²) in [6.07, 6.45) is 1.13. The van der Waals surface area contributed by atoms with Crippen molar-refractivity contribution in [2.45, 2.75) is 10.9 Å². The standard InChI is InChI=1S/C15H16FNO3S/c1-20-14-7-6-11(9-13(14)16)15(17)10-4-3-5-12(8-10)21(2,18)19/h3-9,15H,17H2,1-2H3. The van der Waals surface area contributed by atoms with E-state index in [0.717, 1.165) is 6.26 Å². The number of sulfone groups is 1. The summed E-state index contributed by atoms with van der Waals surface area (Å²) in [5.74, 6) is -0.374. The minimum Gasteiger partial charge on any atom is -0.494 e. The molecule has 0 saturated heterocycles. The van der Waals surface area contributed by atoms with Gasteiger partial charge < -0.3 is 10.5 Å². The molecule has 0 aliphatic heterocycles. The van der Waals surface area contributed by atoms with E-state index in [-0.39, 0.29) is 10.6 Å². The Hall–Kier alpha value is -1.92. The lowest BCUT2D eigenvalue weighted by molar-refractivity contribution is 0.386. The lowest BCUT2D eigenvalue weighted by Gasteiger charge is -2.14. The largest absolute Gasteiger partial charge is 0.494 e. The van der Waals surface area contributed by atoms with E-state index in [1.165, 1.54) is 31.4 Å². The summed E-state index contributed by atoms with van der Waals surface area (Å²) < 4.78 is 41.7. The highest BCUT2D eigenvalue weighted by molar-refractivity contribution is 7.90. The fourth-order valence-electron chi connectivity index (χ4n) is 2.01. The molecule has 0 bridgehead atoms. The van der Waals surface area contributed by atoms with Crippen LogP contribution < -0.4 is 10.5 Å². The van der Waals surface area contributed by atoms with Crippen LogP contribution in [0, 0.1) is 5.82 Å². The van der Waals surface area contributed by atoms with Crippen LogP contribution in [0.15, 0.2) is 47.4 Å². The molecule has 0 spiro atoms. The van der Waals surface area contributed by atoms with Crippen LogP contribution >= 0.6 is 0 Å². The van der Waals surface area contributed by atoms with Crippen molar-refractivity contribution in [1.82, 2.24) is 0 Å². The first kappa shape index (κ1) is 15.5. The third-order valence-electron chi connectivity index (χ3n) is 3.18. The minimum atomic E-state index is -3.31. The van der Waals surface area contributed by atoms with Crippen molar-refractivity contribution in [2.24, 2.45) is 5.73 Å². The Kier molecular flexibility index (Phi) is 4.29. The topological polar surface area (TPSA) is 69.4 Å². The fourth-order valence-corrected chi connectivity index (χ4v) is 2.68. The average Bonchev–Trinajstić information content (AvgIpc) is 2.45. The molecule has 0 amide bonds. The van der Waals surface area contributed by atoms with Crippen LogP contribution in [0.2, 0.25) is 0 Å². The Balaban J connectivity index is 2.40. The van der Waals surface area contributed by atoms with Crippen molar-refractivity contribution in [3.8, 4) is 5.75 Å². The summed E-state index contributed by atoms with van der Waals surface area (Å²) in [4.78, 5) is 0.185. The Bertz CT molecular complexity index is 759. The highest BCUT2D eigenvalue weighted by Crippen LogP contribution is 2.26. The summed E-state index contributed by atoms with van der Waals surface area (Å²) in [5.41, 5.74) is 7.23. The van der Waals surface area contributed by atoms with Gasteiger partial charge in [0, 0.05) is 6.26 Å². The Morgan fingerprint density at radius 2 is 1.81 bits per heavy atom. The zero-order valence-electron chi connectivity index (χ0n) is 11.7. The SMILES string of the molecule is COc1ccc(C(N)c2cccc(S(C)(=O)=O)c2)cc1F. The molecule has 1 atom stereocenters. The van der Waals surface area contributed by atoms with Gasteiger partial charge in [0.05, 0.1) is 18.0 Å². The second kappa shape index (κ2) is 5.83. The van der Waals surface area contributed by atoms with Crippen LogP contribution in [0.25, 0.3) is 0 Å². The lowest BCUT2D eigenvalue weighted by atomic mass is 9.99. The van der Waals surface area contributed by atoms with Gasteiger partial charge >= 0.3 is 0 Å². The molecule has 6 heteroatoms. The maximum absolute atomic E-state index is 13.7. The molecule has 4 nitrogen and oxygen atoms in total. The highest BCUT2D eigenvalue weighted by Gasteiger charge is 2.14. The summed E-state index contributed by atoms with van der Waals surface area (Å²) in [6, 6.07) is 10.1. The van der Waals surface area contributed by atoms with Crippen molar-refractivity contribution >= 4 is 9.84 Å². The Morgan fingerprint density at radius 3 is 2.38 bits per heavy atom. The smallest absolute Gasteiger partial charge is 0.175 e. The molecule has 1 unspecified atom stereocenters. The molecule has 0 heterocycles. The van der Waals surface area contributed by atoms with Crippen LogP contribution in [-0.4, -0.2) is 21.8 Å². The van der Waals surface area contributed by atoms with Gasteiger partial charge in [-0.1, -0.05) is 18.2 Å². The van der Waals surface area contributed by atoms with E-state index in [1.54, 1.807) is 18.2 Å². The van der Waals surface area contributed by atoms with Gasteiger partial charge in [-0.2, -0.15) is 0 Å². The van der Waals surface area contributed by atoms with Crippen LogP contribution in [0.5, 0.6) is 5.75 Å². The molecule has 0 aliphatic rings. The van der Waals surface area contributed by atoms with Gasteiger partial charge in [0.25, 0.3) is 0 Å². The molecule has 2 rings (SSSR count). The molecule has 21 heavy (non-hydrogen) atoms. The molecule has 2 N–H and O–H groups in total. The first-order valence-electron chi connectivity index (χ1n) is 6.22. The maximum atomic E-state index is 13.7. The van der Waals surface area contributed by atoms with Crippen LogP contribution in [-0.2, 0) is 9.84 Å². The quantitative estimate of drug-likeness (QED) is 0.941. The number of halogens is 1. The highest BCUT2D eigenvalue weighted by atomic mass is 32.2. The fraction of sp³-hybridized carbons (Fsp3) is 0.200. The molecule has 0 radical (unpaired) electrons. The van der Waals surface area contributed by atoms with Crippen LogP contribution in [0.1, 0.15) is 17.2 Å².